The highest BCUT2D eigenvalue weighted by atomic mass is 79.9. The third kappa shape index (κ3) is 3.57. The summed E-state index contributed by atoms with van der Waals surface area (Å²) in [4.78, 5) is 19.7. The van der Waals surface area contributed by atoms with Gasteiger partial charge in [-0.15, -0.1) is 0 Å². The zero-order chi connectivity index (χ0) is 21.4. The van der Waals surface area contributed by atoms with Crippen molar-refractivity contribution >= 4 is 50.2 Å². The normalized spacial score (nSPS) is 15.0. The van der Waals surface area contributed by atoms with Crippen molar-refractivity contribution in [3.05, 3.63) is 118 Å². The molecular weight excluding hydrogens is 455 g/mol. The molecule has 1 aliphatic heterocycles. The van der Waals surface area contributed by atoms with Crippen LogP contribution >= 0.6 is 15.9 Å². The average molecular weight is 471 g/mol. The van der Waals surface area contributed by atoms with E-state index in [1.54, 1.807) is 12.1 Å². The molecule has 1 heterocycles. The molecule has 3 nitrogen and oxygen atoms in total. The quantitative estimate of drug-likeness (QED) is 0.311. The van der Waals surface area contributed by atoms with Crippen LogP contribution in [-0.2, 0) is 4.79 Å². The number of fused-ring (bicyclic) bond motifs is 1. The average Bonchev–Trinajstić information content (AvgIpc) is 3.11. The zero-order valence-corrected chi connectivity index (χ0v) is 17.9. The predicted octanol–water partition coefficient (Wildman–Crippen LogP) is 6.58. The molecule has 5 heteroatoms. The molecule has 0 aliphatic carbocycles. The fourth-order valence-corrected chi connectivity index (χ4v) is 4.16. The highest BCUT2D eigenvalue weighted by Gasteiger charge is 2.33. The van der Waals surface area contributed by atoms with E-state index in [0.29, 0.717) is 17.2 Å². The Morgan fingerprint density at radius 2 is 1.55 bits per heavy atom. The Balaban J connectivity index is 1.68. The number of nitrogens with zero attached hydrogens (tertiary/aromatic N) is 2. The lowest BCUT2D eigenvalue weighted by atomic mass is 10.0. The van der Waals surface area contributed by atoms with Crippen LogP contribution in [0.1, 0.15) is 11.1 Å². The van der Waals surface area contributed by atoms with Crippen molar-refractivity contribution in [1.82, 2.24) is 0 Å². The van der Waals surface area contributed by atoms with Gasteiger partial charge in [0.15, 0.2) is 0 Å². The lowest BCUT2D eigenvalue weighted by Gasteiger charge is -2.19. The van der Waals surface area contributed by atoms with E-state index in [1.807, 2.05) is 72.8 Å². The molecule has 5 rings (SSSR count). The van der Waals surface area contributed by atoms with Crippen molar-refractivity contribution in [3.8, 4) is 0 Å². The molecule has 0 fully saturated rings. The molecule has 4 aromatic rings. The van der Waals surface area contributed by atoms with Crippen LogP contribution in [0, 0.1) is 5.82 Å². The first-order valence-electron chi connectivity index (χ1n) is 9.75. The van der Waals surface area contributed by atoms with E-state index in [4.69, 9.17) is 4.99 Å². The maximum absolute atomic E-state index is 13.5. The van der Waals surface area contributed by atoms with Crippen molar-refractivity contribution in [2.45, 2.75) is 0 Å². The van der Waals surface area contributed by atoms with Gasteiger partial charge in [0.1, 0.15) is 17.3 Å². The Morgan fingerprint density at radius 1 is 0.839 bits per heavy atom. The van der Waals surface area contributed by atoms with E-state index >= 15 is 0 Å². The summed E-state index contributed by atoms with van der Waals surface area (Å²) >= 11 is 3.56. The molecule has 0 atom stereocenters. The number of carbonyl (C=O) groups is 1. The first kappa shape index (κ1) is 19.4. The smallest absolute Gasteiger partial charge is 0.266 e. The SMILES string of the molecule is O=C1/C(=C\c2cccc3ccccc23)N=C(c2ccccc2Br)N1c1ccc(F)cc1. The van der Waals surface area contributed by atoms with E-state index in [2.05, 4.69) is 15.9 Å². The highest BCUT2D eigenvalue weighted by Crippen LogP contribution is 2.31. The molecule has 0 N–H and O–H groups in total. The van der Waals surface area contributed by atoms with Crippen molar-refractivity contribution in [2.24, 2.45) is 4.99 Å². The highest BCUT2D eigenvalue weighted by molar-refractivity contribution is 9.10. The number of carbonyl (C=O) groups excluding carboxylic acids is 1. The monoisotopic (exact) mass is 470 g/mol. The minimum absolute atomic E-state index is 0.259. The van der Waals surface area contributed by atoms with Gasteiger partial charge >= 0.3 is 0 Å². The van der Waals surface area contributed by atoms with Gasteiger partial charge in [-0.1, -0.05) is 76.6 Å². The van der Waals surface area contributed by atoms with E-state index < -0.39 is 0 Å². The largest absolute Gasteiger partial charge is 0.282 e. The Kier molecular flexibility index (Phi) is 4.96. The Morgan fingerprint density at radius 3 is 2.35 bits per heavy atom. The van der Waals surface area contributed by atoms with Gasteiger partial charge < -0.3 is 0 Å². The van der Waals surface area contributed by atoms with Crippen LogP contribution in [0.4, 0.5) is 10.1 Å². The third-order valence-corrected chi connectivity index (χ3v) is 5.87. The number of amidine groups is 1. The molecule has 31 heavy (non-hydrogen) atoms. The number of aliphatic imine (C=N–C) groups is 1. The van der Waals surface area contributed by atoms with E-state index in [9.17, 15) is 9.18 Å². The van der Waals surface area contributed by atoms with Gasteiger partial charge in [0.2, 0.25) is 0 Å². The minimum atomic E-state index is -0.360. The summed E-state index contributed by atoms with van der Waals surface area (Å²) < 4.78 is 14.3. The van der Waals surface area contributed by atoms with Gasteiger partial charge in [0.05, 0.1) is 5.69 Å². The topological polar surface area (TPSA) is 32.7 Å². The summed E-state index contributed by atoms with van der Waals surface area (Å²) in [5.41, 5.74) is 2.58. The number of benzene rings is 4. The van der Waals surface area contributed by atoms with Crippen molar-refractivity contribution in [1.29, 1.82) is 0 Å². The van der Waals surface area contributed by atoms with Crippen molar-refractivity contribution < 1.29 is 9.18 Å². The number of hydrogen-bond acceptors (Lipinski definition) is 2. The van der Waals surface area contributed by atoms with E-state index in [1.165, 1.54) is 17.0 Å². The fourth-order valence-electron chi connectivity index (χ4n) is 3.69. The van der Waals surface area contributed by atoms with Crippen LogP contribution in [-0.4, -0.2) is 11.7 Å². The standard InChI is InChI=1S/C26H16BrFN2O/c27-23-11-4-3-10-22(23)25-29-24(26(31)30(25)20-14-12-19(28)13-15-20)16-18-8-5-7-17-6-1-2-9-21(17)18/h1-16H/b24-16+. The van der Waals surface area contributed by atoms with Crippen molar-refractivity contribution in [3.63, 3.8) is 0 Å². The molecule has 4 aromatic carbocycles. The van der Waals surface area contributed by atoms with E-state index in [0.717, 1.165) is 26.4 Å². The molecule has 150 valence electrons. The second-order valence-electron chi connectivity index (χ2n) is 7.13. The molecule has 0 bridgehead atoms. The van der Waals surface area contributed by atoms with Gasteiger partial charge in [-0.3, -0.25) is 9.69 Å². The zero-order valence-electron chi connectivity index (χ0n) is 16.3. The summed E-state index contributed by atoms with van der Waals surface area (Å²) in [7, 11) is 0. The lowest BCUT2D eigenvalue weighted by Crippen LogP contribution is -2.32. The summed E-state index contributed by atoms with van der Waals surface area (Å²) in [5.74, 6) is -0.123. The van der Waals surface area contributed by atoms with Crippen LogP contribution in [0.2, 0.25) is 0 Å². The molecule has 0 aromatic heterocycles. The Hall–Kier alpha value is -3.57. The maximum Gasteiger partial charge on any atom is 0.282 e. The van der Waals surface area contributed by atoms with Gasteiger partial charge in [-0.05, 0) is 52.7 Å². The van der Waals surface area contributed by atoms with E-state index in [-0.39, 0.29) is 11.7 Å². The summed E-state index contributed by atoms with van der Waals surface area (Å²) in [5, 5.41) is 2.14. The molecule has 1 amide bonds. The first-order valence-corrected chi connectivity index (χ1v) is 10.5. The van der Waals surface area contributed by atoms with Crippen LogP contribution in [0.3, 0.4) is 0 Å². The summed E-state index contributed by atoms with van der Waals surface area (Å²) in [6, 6.07) is 27.4. The third-order valence-electron chi connectivity index (χ3n) is 5.18. The summed E-state index contributed by atoms with van der Waals surface area (Å²) in [6.07, 6.45) is 1.81. The van der Waals surface area contributed by atoms with Crippen LogP contribution in [0.15, 0.2) is 106 Å². The minimum Gasteiger partial charge on any atom is -0.266 e. The van der Waals surface area contributed by atoms with Crippen LogP contribution < -0.4 is 4.90 Å². The van der Waals surface area contributed by atoms with Gasteiger partial charge in [0.25, 0.3) is 5.91 Å². The maximum atomic E-state index is 13.5. The lowest BCUT2D eigenvalue weighted by molar-refractivity contribution is -0.113. The first-order chi connectivity index (χ1) is 15.1. The predicted molar refractivity (Wildman–Crippen MR) is 126 cm³/mol. The number of amides is 1. The van der Waals surface area contributed by atoms with Gasteiger partial charge in [-0.25, -0.2) is 9.38 Å². The van der Waals surface area contributed by atoms with Crippen LogP contribution in [0.5, 0.6) is 0 Å². The number of rotatable bonds is 3. The number of anilines is 1. The molecule has 1 aliphatic rings. The number of hydrogen-bond donors (Lipinski definition) is 0. The Bertz CT molecular complexity index is 1370. The van der Waals surface area contributed by atoms with Crippen LogP contribution in [0.25, 0.3) is 16.8 Å². The van der Waals surface area contributed by atoms with Gasteiger partial charge in [-0.2, -0.15) is 0 Å². The Labute approximate surface area is 187 Å². The molecule has 0 unspecified atom stereocenters. The fraction of sp³-hybridized carbons (Fsp3) is 0. The second-order valence-corrected chi connectivity index (χ2v) is 7.98. The summed E-state index contributed by atoms with van der Waals surface area (Å²) in [6.45, 7) is 0. The van der Waals surface area contributed by atoms with Crippen molar-refractivity contribution in [2.75, 3.05) is 4.90 Å². The van der Waals surface area contributed by atoms with Gasteiger partial charge in [0, 0.05) is 10.0 Å². The molecule has 0 saturated heterocycles. The molecule has 0 saturated carbocycles. The number of halogens is 2. The molecule has 0 radical (unpaired) electrons. The second kappa shape index (κ2) is 7.93. The molecule has 0 spiro atoms. The molecular formula is C26H16BrFN2O.